The molecule has 3 rings (SSSR count). The van der Waals surface area contributed by atoms with Gasteiger partial charge in [-0.25, -0.2) is 0 Å². The zero-order valence-corrected chi connectivity index (χ0v) is 12.3. The molecule has 1 heterocycles. The van der Waals surface area contributed by atoms with Crippen molar-refractivity contribution in [3.8, 4) is 17.2 Å². The van der Waals surface area contributed by atoms with Gasteiger partial charge < -0.3 is 19.5 Å². The molecule has 0 saturated heterocycles. The Labute approximate surface area is 128 Å². The van der Waals surface area contributed by atoms with Crippen LogP contribution < -0.4 is 9.47 Å². The van der Waals surface area contributed by atoms with Crippen LogP contribution >= 0.6 is 0 Å². The van der Waals surface area contributed by atoms with Crippen molar-refractivity contribution in [3.05, 3.63) is 53.6 Å². The molecule has 0 saturated carbocycles. The molecule has 0 spiro atoms. The Balaban J connectivity index is 1.62. The molecule has 114 valence electrons. The van der Waals surface area contributed by atoms with Gasteiger partial charge in [-0.3, -0.25) is 4.79 Å². The monoisotopic (exact) mass is 299 g/mol. The summed E-state index contributed by atoms with van der Waals surface area (Å²) in [6, 6.07) is 12.4. The number of phenolic OH excluding ortho intramolecular Hbond substituents is 1. The molecule has 1 amide bonds. The summed E-state index contributed by atoms with van der Waals surface area (Å²) in [4.78, 5) is 13.9. The zero-order chi connectivity index (χ0) is 15.5. The van der Waals surface area contributed by atoms with E-state index in [-0.39, 0.29) is 18.4 Å². The first-order valence-electron chi connectivity index (χ1n) is 7.02. The Morgan fingerprint density at radius 1 is 1.09 bits per heavy atom. The average molecular weight is 299 g/mol. The molecule has 1 aliphatic rings. The fourth-order valence-corrected chi connectivity index (χ4v) is 2.32. The van der Waals surface area contributed by atoms with E-state index in [1.807, 2.05) is 18.2 Å². The molecule has 0 bridgehead atoms. The summed E-state index contributed by atoms with van der Waals surface area (Å²) in [5, 5.41) is 9.25. The van der Waals surface area contributed by atoms with Gasteiger partial charge in [-0.05, 0) is 35.4 Å². The molecule has 0 aliphatic carbocycles. The number of phenols is 1. The molecule has 0 unspecified atom stereocenters. The first kappa shape index (κ1) is 14.3. The number of hydrogen-bond donors (Lipinski definition) is 1. The van der Waals surface area contributed by atoms with E-state index in [2.05, 4.69) is 0 Å². The number of carbonyl (C=O) groups is 1. The lowest BCUT2D eigenvalue weighted by Crippen LogP contribution is -2.27. The van der Waals surface area contributed by atoms with E-state index in [0.717, 1.165) is 22.6 Å². The Morgan fingerprint density at radius 3 is 2.55 bits per heavy atom. The lowest BCUT2D eigenvalue weighted by Gasteiger charge is -2.17. The second kappa shape index (κ2) is 5.97. The van der Waals surface area contributed by atoms with Crippen LogP contribution in [0, 0.1) is 0 Å². The summed E-state index contributed by atoms with van der Waals surface area (Å²) in [5.74, 6) is 1.67. The van der Waals surface area contributed by atoms with Gasteiger partial charge in [-0.15, -0.1) is 0 Å². The highest BCUT2D eigenvalue weighted by Gasteiger charge is 2.15. The zero-order valence-electron chi connectivity index (χ0n) is 12.3. The van der Waals surface area contributed by atoms with E-state index < -0.39 is 0 Å². The first-order chi connectivity index (χ1) is 10.6. The number of amides is 1. The van der Waals surface area contributed by atoms with E-state index in [1.54, 1.807) is 36.2 Å². The predicted octanol–water partition coefficient (Wildman–Crippen LogP) is 2.32. The van der Waals surface area contributed by atoms with Gasteiger partial charge in [-0.1, -0.05) is 18.2 Å². The van der Waals surface area contributed by atoms with Crippen molar-refractivity contribution in [2.24, 2.45) is 0 Å². The van der Waals surface area contributed by atoms with Gasteiger partial charge in [0.15, 0.2) is 11.5 Å². The fraction of sp³-hybridized carbons (Fsp3) is 0.235. The largest absolute Gasteiger partial charge is 0.508 e. The third kappa shape index (κ3) is 3.14. The van der Waals surface area contributed by atoms with E-state index >= 15 is 0 Å². The van der Waals surface area contributed by atoms with Gasteiger partial charge in [-0.2, -0.15) is 0 Å². The molecule has 0 radical (unpaired) electrons. The number of likely N-dealkylation sites (N-methyl/N-ethyl adjacent to an activating group) is 1. The number of rotatable bonds is 4. The molecular formula is C17H17NO4. The minimum absolute atomic E-state index is 0.0170. The fourth-order valence-electron chi connectivity index (χ4n) is 2.32. The molecule has 5 heteroatoms. The maximum absolute atomic E-state index is 12.2. The van der Waals surface area contributed by atoms with Gasteiger partial charge in [0.2, 0.25) is 12.7 Å². The van der Waals surface area contributed by atoms with Crippen LogP contribution in [0.4, 0.5) is 0 Å². The van der Waals surface area contributed by atoms with Crippen LogP contribution in [0.15, 0.2) is 42.5 Å². The Kier molecular flexibility index (Phi) is 3.87. The van der Waals surface area contributed by atoms with Crippen LogP contribution in [-0.4, -0.2) is 29.8 Å². The average Bonchev–Trinajstić information content (AvgIpc) is 2.97. The number of carbonyl (C=O) groups excluding carboxylic acids is 1. The quantitative estimate of drug-likeness (QED) is 0.941. The van der Waals surface area contributed by atoms with Gasteiger partial charge in [0.1, 0.15) is 5.75 Å². The van der Waals surface area contributed by atoms with Crippen LogP contribution in [-0.2, 0) is 17.8 Å². The SMILES string of the molecule is CN(Cc1ccc2c(c1)OCO2)C(=O)Cc1ccc(O)cc1. The maximum Gasteiger partial charge on any atom is 0.231 e. The highest BCUT2D eigenvalue weighted by atomic mass is 16.7. The number of hydrogen-bond acceptors (Lipinski definition) is 4. The number of aromatic hydroxyl groups is 1. The summed E-state index contributed by atoms with van der Waals surface area (Å²) >= 11 is 0. The van der Waals surface area contributed by atoms with Crippen molar-refractivity contribution >= 4 is 5.91 Å². The van der Waals surface area contributed by atoms with E-state index in [1.165, 1.54) is 0 Å². The number of nitrogens with zero attached hydrogens (tertiary/aromatic N) is 1. The van der Waals surface area contributed by atoms with Crippen molar-refractivity contribution in [1.29, 1.82) is 0 Å². The molecular weight excluding hydrogens is 282 g/mol. The highest BCUT2D eigenvalue weighted by Crippen LogP contribution is 2.32. The van der Waals surface area contributed by atoms with Gasteiger partial charge >= 0.3 is 0 Å². The van der Waals surface area contributed by atoms with E-state index in [0.29, 0.717) is 13.0 Å². The summed E-state index contributed by atoms with van der Waals surface area (Å²) in [5.41, 5.74) is 1.87. The molecule has 0 fully saturated rings. The van der Waals surface area contributed by atoms with Crippen molar-refractivity contribution in [3.63, 3.8) is 0 Å². The van der Waals surface area contributed by atoms with Crippen molar-refractivity contribution in [2.75, 3.05) is 13.8 Å². The summed E-state index contributed by atoms with van der Waals surface area (Å²) in [6.45, 7) is 0.752. The lowest BCUT2D eigenvalue weighted by atomic mass is 10.1. The van der Waals surface area contributed by atoms with E-state index in [9.17, 15) is 9.90 Å². The standard InChI is InChI=1S/C17H17NO4/c1-18(17(20)9-12-2-5-14(19)6-3-12)10-13-4-7-15-16(8-13)22-11-21-15/h2-8,19H,9-11H2,1H3. The molecule has 5 nitrogen and oxygen atoms in total. The minimum atomic E-state index is 0.0170. The number of benzene rings is 2. The first-order valence-corrected chi connectivity index (χ1v) is 7.02. The summed E-state index contributed by atoms with van der Waals surface area (Å²) < 4.78 is 10.6. The van der Waals surface area contributed by atoms with Crippen molar-refractivity contribution < 1.29 is 19.4 Å². The molecule has 0 aromatic heterocycles. The van der Waals surface area contributed by atoms with Crippen molar-refractivity contribution in [2.45, 2.75) is 13.0 Å². The van der Waals surface area contributed by atoms with Crippen LogP contribution in [0.25, 0.3) is 0 Å². The Morgan fingerprint density at radius 2 is 1.77 bits per heavy atom. The Bertz CT molecular complexity index is 682. The molecule has 22 heavy (non-hydrogen) atoms. The van der Waals surface area contributed by atoms with Crippen LogP contribution in [0.5, 0.6) is 17.2 Å². The van der Waals surface area contributed by atoms with Gasteiger partial charge in [0, 0.05) is 13.6 Å². The maximum atomic E-state index is 12.2. The van der Waals surface area contributed by atoms with Crippen molar-refractivity contribution in [1.82, 2.24) is 4.90 Å². The smallest absolute Gasteiger partial charge is 0.231 e. The Hall–Kier alpha value is -2.69. The number of fused-ring (bicyclic) bond motifs is 1. The van der Waals surface area contributed by atoms with Crippen LogP contribution in [0.3, 0.4) is 0 Å². The molecule has 2 aromatic rings. The van der Waals surface area contributed by atoms with Crippen LogP contribution in [0.2, 0.25) is 0 Å². The summed E-state index contributed by atoms with van der Waals surface area (Å²) in [7, 11) is 1.77. The molecule has 1 aliphatic heterocycles. The van der Waals surface area contributed by atoms with E-state index in [4.69, 9.17) is 9.47 Å². The highest BCUT2D eigenvalue weighted by molar-refractivity contribution is 5.78. The predicted molar refractivity (Wildman–Crippen MR) is 80.8 cm³/mol. The molecule has 2 aromatic carbocycles. The minimum Gasteiger partial charge on any atom is -0.508 e. The topological polar surface area (TPSA) is 59.0 Å². The summed E-state index contributed by atoms with van der Waals surface area (Å²) in [6.07, 6.45) is 0.307. The second-order valence-electron chi connectivity index (χ2n) is 5.28. The lowest BCUT2D eigenvalue weighted by molar-refractivity contribution is -0.129. The van der Waals surface area contributed by atoms with Gasteiger partial charge in [0.05, 0.1) is 6.42 Å². The third-order valence-electron chi connectivity index (χ3n) is 3.57. The molecule has 0 atom stereocenters. The normalized spacial score (nSPS) is 12.2. The number of ether oxygens (including phenoxy) is 2. The molecule has 1 N–H and O–H groups in total. The van der Waals surface area contributed by atoms with Crippen LogP contribution in [0.1, 0.15) is 11.1 Å². The third-order valence-corrected chi connectivity index (χ3v) is 3.57. The van der Waals surface area contributed by atoms with Gasteiger partial charge in [0.25, 0.3) is 0 Å². The second-order valence-corrected chi connectivity index (χ2v) is 5.28.